The molecule has 0 unspecified atom stereocenters. The van der Waals surface area contributed by atoms with Crippen LogP contribution in [0.2, 0.25) is 5.28 Å². The second-order valence-corrected chi connectivity index (χ2v) is 5.61. The van der Waals surface area contributed by atoms with Crippen LogP contribution in [0.15, 0.2) is 12.7 Å². The Labute approximate surface area is 125 Å². The Morgan fingerprint density at radius 2 is 2.05 bits per heavy atom. The summed E-state index contributed by atoms with van der Waals surface area (Å²) in [6.45, 7) is 10.3. The molecule has 5 nitrogen and oxygen atoms in total. The van der Waals surface area contributed by atoms with Crippen molar-refractivity contribution in [1.82, 2.24) is 15.0 Å². The molecule has 6 heteroatoms. The molecule has 0 aliphatic rings. The maximum absolute atomic E-state index is 5.88. The smallest absolute Gasteiger partial charge is 0.322 e. The lowest BCUT2D eigenvalue weighted by Crippen LogP contribution is -2.31. The highest BCUT2D eigenvalue weighted by molar-refractivity contribution is 6.28. The minimum absolute atomic E-state index is 0.102. The van der Waals surface area contributed by atoms with Crippen molar-refractivity contribution in [2.24, 2.45) is 0 Å². The molecule has 0 atom stereocenters. The van der Waals surface area contributed by atoms with Gasteiger partial charge < -0.3 is 10.1 Å². The van der Waals surface area contributed by atoms with E-state index >= 15 is 0 Å². The topological polar surface area (TPSA) is 59.9 Å². The molecule has 1 aromatic heterocycles. The number of aromatic nitrogens is 3. The fraction of sp³-hybridized carbons (Fsp3) is 0.643. The molecule has 0 bridgehead atoms. The number of rotatable bonds is 9. The third kappa shape index (κ3) is 6.19. The zero-order chi connectivity index (χ0) is 15.0. The molecule has 0 radical (unpaired) electrons. The summed E-state index contributed by atoms with van der Waals surface area (Å²) in [6.07, 6.45) is 6.24. The molecule has 1 aromatic rings. The van der Waals surface area contributed by atoms with Crippen molar-refractivity contribution in [2.45, 2.75) is 52.0 Å². The molecule has 0 aliphatic heterocycles. The highest BCUT2D eigenvalue weighted by Crippen LogP contribution is 2.20. The van der Waals surface area contributed by atoms with Gasteiger partial charge in [-0.1, -0.05) is 38.8 Å². The van der Waals surface area contributed by atoms with Crippen LogP contribution in [-0.2, 0) is 0 Å². The summed E-state index contributed by atoms with van der Waals surface area (Å²) in [6, 6.07) is 0.205. The molecule has 1 heterocycles. The average Bonchev–Trinajstić information content (AvgIpc) is 2.35. The Morgan fingerprint density at radius 3 is 2.70 bits per heavy atom. The molecule has 112 valence electrons. The summed E-state index contributed by atoms with van der Waals surface area (Å²) < 4.78 is 5.28. The van der Waals surface area contributed by atoms with Gasteiger partial charge in [-0.05, 0) is 31.9 Å². The van der Waals surface area contributed by atoms with Crippen LogP contribution in [-0.4, -0.2) is 27.1 Å². The second-order valence-electron chi connectivity index (χ2n) is 5.28. The maximum Gasteiger partial charge on any atom is 0.322 e. The molecule has 0 amide bonds. The molecule has 0 spiro atoms. The van der Waals surface area contributed by atoms with Gasteiger partial charge in [0, 0.05) is 5.54 Å². The number of hydrogen-bond acceptors (Lipinski definition) is 5. The average molecular weight is 299 g/mol. The van der Waals surface area contributed by atoms with Crippen molar-refractivity contribution in [1.29, 1.82) is 0 Å². The molecule has 1 N–H and O–H groups in total. The fourth-order valence-corrected chi connectivity index (χ4v) is 1.92. The molecule has 0 fully saturated rings. The predicted octanol–water partition coefficient (Wildman–Crippen LogP) is 3.86. The van der Waals surface area contributed by atoms with Crippen LogP contribution in [0.4, 0.5) is 5.95 Å². The summed E-state index contributed by atoms with van der Waals surface area (Å²) in [4.78, 5) is 12.2. The van der Waals surface area contributed by atoms with Gasteiger partial charge in [0.05, 0.1) is 0 Å². The van der Waals surface area contributed by atoms with Gasteiger partial charge >= 0.3 is 6.01 Å². The zero-order valence-corrected chi connectivity index (χ0v) is 13.2. The Morgan fingerprint density at radius 1 is 1.30 bits per heavy atom. The van der Waals surface area contributed by atoms with Crippen molar-refractivity contribution >= 4 is 17.5 Å². The SMILES string of the molecule is C=CCOc1nc(Cl)nc(NC(C)(C)CCCCC)n1. The number of ether oxygens (including phenoxy) is 1. The quantitative estimate of drug-likeness (QED) is 0.554. The third-order valence-corrected chi connectivity index (χ3v) is 2.94. The molecule has 0 saturated carbocycles. The Hall–Kier alpha value is -1.36. The molecule has 1 rings (SSSR count). The van der Waals surface area contributed by atoms with Gasteiger partial charge in [0.25, 0.3) is 0 Å². The minimum Gasteiger partial charge on any atom is -0.459 e. The zero-order valence-electron chi connectivity index (χ0n) is 12.4. The lowest BCUT2D eigenvalue weighted by atomic mass is 9.97. The van der Waals surface area contributed by atoms with Gasteiger partial charge in [-0.25, -0.2) is 0 Å². The normalized spacial score (nSPS) is 11.2. The lowest BCUT2D eigenvalue weighted by Gasteiger charge is -2.26. The van der Waals surface area contributed by atoms with E-state index in [0.29, 0.717) is 12.6 Å². The van der Waals surface area contributed by atoms with Gasteiger partial charge in [-0.2, -0.15) is 15.0 Å². The molecular formula is C14H23ClN4O. The van der Waals surface area contributed by atoms with Crippen LogP contribution in [0, 0.1) is 0 Å². The van der Waals surface area contributed by atoms with E-state index in [0.717, 1.165) is 12.8 Å². The first-order valence-electron chi connectivity index (χ1n) is 6.90. The van der Waals surface area contributed by atoms with Crippen LogP contribution >= 0.6 is 11.6 Å². The van der Waals surface area contributed by atoms with E-state index in [1.165, 1.54) is 12.8 Å². The number of hydrogen-bond donors (Lipinski definition) is 1. The van der Waals surface area contributed by atoms with Crippen molar-refractivity contribution in [3.63, 3.8) is 0 Å². The Bertz CT molecular complexity index is 437. The maximum atomic E-state index is 5.88. The predicted molar refractivity (Wildman–Crippen MR) is 82.4 cm³/mol. The van der Waals surface area contributed by atoms with E-state index < -0.39 is 0 Å². The van der Waals surface area contributed by atoms with Gasteiger partial charge in [0.15, 0.2) is 0 Å². The highest BCUT2D eigenvalue weighted by Gasteiger charge is 2.19. The third-order valence-electron chi connectivity index (χ3n) is 2.77. The van der Waals surface area contributed by atoms with Crippen LogP contribution in [0.1, 0.15) is 46.5 Å². The van der Waals surface area contributed by atoms with Gasteiger partial charge in [0.1, 0.15) is 6.61 Å². The summed E-state index contributed by atoms with van der Waals surface area (Å²) in [5.74, 6) is 0.436. The highest BCUT2D eigenvalue weighted by atomic mass is 35.5. The van der Waals surface area contributed by atoms with E-state index in [1.54, 1.807) is 6.08 Å². The number of nitrogens with zero attached hydrogens (tertiary/aromatic N) is 3. The standard InChI is InChI=1S/C14H23ClN4O/c1-5-7-8-9-14(3,4)19-12-16-11(15)17-13(18-12)20-10-6-2/h6H,2,5,7-10H2,1,3-4H3,(H,16,17,18,19). The second kappa shape index (κ2) is 8.04. The van der Waals surface area contributed by atoms with Crippen molar-refractivity contribution in [2.75, 3.05) is 11.9 Å². The fourth-order valence-electron chi connectivity index (χ4n) is 1.77. The summed E-state index contributed by atoms with van der Waals surface area (Å²) in [5, 5.41) is 3.40. The van der Waals surface area contributed by atoms with E-state index in [9.17, 15) is 0 Å². The van der Waals surface area contributed by atoms with Gasteiger partial charge in [-0.3, -0.25) is 0 Å². The molecule has 20 heavy (non-hydrogen) atoms. The molecule has 0 saturated heterocycles. The first kappa shape index (κ1) is 16.7. The summed E-state index contributed by atoms with van der Waals surface area (Å²) >= 11 is 5.88. The van der Waals surface area contributed by atoms with Crippen LogP contribution in [0.25, 0.3) is 0 Å². The van der Waals surface area contributed by atoms with E-state index in [-0.39, 0.29) is 16.8 Å². The van der Waals surface area contributed by atoms with Crippen LogP contribution in [0.5, 0.6) is 6.01 Å². The van der Waals surface area contributed by atoms with Gasteiger partial charge in [0.2, 0.25) is 11.2 Å². The largest absolute Gasteiger partial charge is 0.459 e. The van der Waals surface area contributed by atoms with Crippen LogP contribution < -0.4 is 10.1 Å². The molecular weight excluding hydrogens is 276 g/mol. The van der Waals surface area contributed by atoms with E-state index in [1.807, 2.05) is 0 Å². The van der Waals surface area contributed by atoms with Gasteiger partial charge in [-0.15, -0.1) is 0 Å². The lowest BCUT2D eigenvalue weighted by molar-refractivity contribution is 0.332. The van der Waals surface area contributed by atoms with E-state index in [4.69, 9.17) is 16.3 Å². The van der Waals surface area contributed by atoms with E-state index in [2.05, 4.69) is 47.6 Å². The first-order chi connectivity index (χ1) is 9.46. The van der Waals surface area contributed by atoms with Crippen molar-refractivity contribution in [3.05, 3.63) is 17.9 Å². The first-order valence-corrected chi connectivity index (χ1v) is 7.28. The Kier molecular flexibility index (Phi) is 6.71. The number of nitrogens with one attached hydrogen (secondary N) is 1. The number of anilines is 1. The molecule has 0 aromatic carbocycles. The Balaban J connectivity index is 2.70. The summed E-state index contributed by atoms with van der Waals surface area (Å²) in [7, 11) is 0. The molecule has 0 aliphatic carbocycles. The number of unbranched alkanes of at least 4 members (excludes halogenated alkanes) is 2. The summed E-state index contributed by atoms with van der Waals surface area (Å²) in [5.41, 5.74) is -0.102. The number of halogens is 1. The van der Waals surface area contributed by atoms with Crippen molar-refractivity contribution in [3.8, 4) is 6.01 Å². The minimum atomic E-state index is -0.102. The van der Waals surface area contributed by atoms with Crippen molar-refractivity contribution < 1.29 is 4.74 Å². The monoisotopic (exact) mass is 298 g/mol. The van der Waals surface area contributed by atoms with Crippen LogP contribution in [0.3, 0.4) is 0 Å².